The molecule has 0 saturated carbocycles. The molecule has 1 aliphatic rings. The van der Waals surface area contributed by atoms with Crippen molar-refractivity contribution in [2.45, 2.75) is 12.8 Å². The van der Waals surface area contributed by atoms with Crippen molar-refractivity contribution in [3.63, 3.8) is 0 Å². The topological polar surface area (TPSA) is 61.0 Å². The molecule has 1 aliphatic heterocycles. The van der Waals surface area contributed by atoms with Gasteiger partial charge >= 0.3 is 0 Å². The average Bonchev–Trinajstić information content (AvgIpc) is 2.66. The minimum Gasteiger partial charge on any atom is -0.346 e. The number of nitrogens with zero attached hydrogens (tertiary/aromatic N) is 2. The van der Waals surface area contributed by atoms with Gasteiger partial charge in [-0.3, -0.25) is 4.79 Å². The van der Waals surface area contributed by atoms with Crippen LogP contribution in [0.15, 0.2) is 24.5 Å². The van der Waals surface area contributed by atoms with E-state index in [0.29, 0.717) is 6.42 Å². The third kappa shape index (κ3) is 3.11. The number of fused-ring (bicyclic) bond motifs is 1. The lowest BCUT2D eigenvalue weighted by atomic mass is 10.1. The van der Waals surface area contributed by atoms with Crippen LogP contribution in [0.1, 0.15) is 12.0 Å². The Morgan fingerprint density at radius 1 is 1.35 bits per heavy atom. The first-order chi connectivity index (χ1) is 9.34. The zero-order chi connectivity index (χ0) is 13.1. The fourth-order valence-corrected chi connectivity index (χ4v) is 2.53. The van der Waals surface area contributed by atoms with Gasteiger partial charge in [-0.05, 0) is 30.7 Å². The molecule has 1 amide bonds. The molecule has 1 saturated heterocycles. The van der Waals surface area contributed by atoms with Gasteiger partial charge in [0.1, 0.15) is 5.65 Å². The lowest BCUT2D eigenvalue weighted by Crippen LogP contribution is -2.35. The molecule has 0 radical (unpaired) electrons. The average molecular weight is 295 g/mol. The van der Waals surface area contributed by atoms with E-state index >= 15 is 0 Å². The Kier molecular flexibility index (Phi) is 4.98. The van der Waals surface area contributed by atoms with Crippen LogP contribution in [0, 0.1) is 0 Å². The second-order valence-electron chi connectivity index (χ2n) is 4.87. The molecule has 20 heavy (non-hydrogen) atoms. The van der Waals surface area contributed by atoms with Crippen molar-refractivity contribution in [3.05, 3.63) is 30.1 Å². The molecular weight excluding hydrogens is 276 g/mol. The monoisotopic (exact) mass is 294 g/mol. The van der Waals surface area contributed by atoms with Crippen molar-refractivity contribution >= 4 is 29.3 Å². The van der Waals surface area contributed by atoms with Gasteiger partial charge in [-0.25, -0.2) is 4.98 Å². The number of carbonyl (C=O) groups excluding carboxylic acids is 1. The van der Waals surface area contributed by atoms with E-state index in [4.69, 9.17) is 0 Å². The third-order valence-corrected chi connectivity index (χ3v) is 3.57. The maximum atomic E-state index is 12.3. The second-order valence-corrected chi connectivity index (χ2v) is 4.87. The Hall–Kier alpha value is -1.59. The molecule has 5 nitrogen and oxygen atoms in total. The largest absolute Gasteiger partial charge is 0.346 e. The van der Waals surface area contributed by atoms with Gasteiger partial charge < -0.3 is 15.2 Å². The zero-order valence-corrected chi connectivity index (χ0v) is 12.1. The number of pyridine rings is 1. The van der Waals surface area contributed by atoms with E-state index in [2.05, 4.69) is 15.3 Å². The number of halogens is 1. The summed E-state index contributed by atoms with van der Waals surface area (Å²) in [6, 6.07) is 3.91. The van der Waals surface area contributed by atoms with E-state index < -0.39 is 0 Å². The maximum Gasteiger partial charge on any atom is 0.227 e. The molecule has 0 aromatic carbocycles. The predicted octanol–water partition coefficient (Wildman–Crippen LogP) is 1.35. The number of hydrogen-bond acceptors (Lipinski definition) is 3. The molecule has 108 valence electrons. The molecule has 2 aromatic heterocycles. The highest BCUT2D eigenvalue weighted by Crippen LogP contribution is 2.17. The highest BCUT2D eigenvalue weighted by molar-refractivity contribution is 5.87. The van der Waals surface area contributed by atoms with Crippen molar-refractivity contribution < 1.29 is 4.79 Å². The van der Waals surface area contributed by atoms with Gasteiger partial charge in [-0.15, -0.1) is 12.4 Å². The summed E-state index contributed by atoms with van der Waals surface area (Å²) in [6.45, 7) is 3.55. The lowest BCUT2D eigenvalue weighted by molar-refractivity contribution is -0.130. The molecular formula is C14H19ClN4O. The van der Waals surface area contributed by atoms with Crippen LogP contribution in [0.2, 0.25) is 0 Å². The van der Waals surface area contributed by atoms with Gasteiger partial charge in [0.15, 0.2) is 0 Å². The minimum atomic E-state index is 0. The van der Waals surface area contributed by atoms with Crippen LogP contribution in [-0.4, -0.2) is 47.0 Å². The van der Waals surface area contributed by atoms with Gasteiger partial charge in [0.2, 0.25) is 5.91 Å². The number of aromatic amines is 1. The molecule has 0 unspecified atom stereocenters. The Balaban J connectivity index is 0.00000147. The highest BCUT2D eigenvalue weighted by Gasteiger charge is 2.17. The van der Waals surface area contributed by atoms with Crippen molar-refractivity contribution in [2.75, 3.05) is 26.2 Å². The van der Waals surface area contributed by atoms with Gasteiger partial charge in [0.25, 0.3) is 0 Å². The summed E-state index contributed by atoms with van der Waals surface area (Å²) in [5.74, 6) is 0.202. The molecule has 3 rings (SSSR count). The van der Waals surface area contributed by atoms with Crippen molar-refractivity contribution in [3.8, 4) is 0 Å². The SMILES string of the molecule is Cl.O=C(Cc1c[nH]c2ncccc12)N1CCCNCC1. The summed E-state index contributed by atoms with van der Waals surface area (Å²) in [5.41, 5.74) is 1.88. The lowest BCUT2D eigenvalue weighted by Gasteiger charge is -2.19. The van der Waals surface area contributed by atoms with Gasteiger partial charge in [0.05, 0.1) is 6.42 Å². The Morgan fingerprint density at radius 2 is 2.25 bits per heavy atom. The van der Waals surface area contributed by atoms with E-state index in [1.54, 1.807) is 6.20 Å². The van der Waals surface area contributed by atoms with Crippen LogP contribution in [0.5, 0.6) is 0 Å². The predicted molar refractivity (Wildman–Crippen MR) is 81.1 cm³/mol. The van der Waals surface area contributed by atoms with Gasteiger partial charge in [0, 0.05) is 37.4 Å². The van der Waals surface area contributed by atoms with Crippen LogP contribution in [-0.2, 0) is 11.2 Å². The van der Waals surface area contributed by atoms with E-state index in [1.807, 2.05) is 23.2 Å². The number of H-pyrrole nitrogens is 1. The summed E-state index contributed by atoms with van der Waals surface area (Å²) < 4.78 is 0. The van der Waals surface area contributed by atoms with Crippen molar-refractivity contribution in [2.24, 2.45) is 0 Å². The Labute approximate surface area is 124 Å². The number of rotatable bonds is 2. The zero-order valence-electron chi connectivity index (χ0n) is 11.3. The third-order valence-electron chi connectivity index (χ3n) is 3.57. The van der Waals surface area contributed by atoms with E-state index in [0.717, 1.165) is 49.2 Å². The Bertz CT molecular complexity index is 575. The minimum absolute atomic E-state index is 0. The number of hydrogen-bond donors (Lipinski definition) is 2. The summed E-state index contributed by atoms with van der Waals surface area (Å²) in [7, 11) is 0. The van der Waals surface area contributed by atoms with Crippen LogP contribution < -0.4 is 5.32 Å². The molecule has 0 spiro atoms. The quantitative estimate of drug-likeness (QED) is 0.879. The highest BCUT2D eigenvalue weighted by atomic mass is 35.5. The maximum absolute atomic E-state index is 12.3. The van der Waals surface area contributed by atoms with Gasteiger partial charge in [-0.2, -0.15) is 0 Å². The van der Waals surface area contributed by atoms with Crippen LogP contribution in [0.25, 0.3) is 11.0 Å². The molecule has 0 bridgehead atoms. The Morgan fingerprint density at radius 3 is 3.15 bits per heavy atom. The second kappa shape index (κ2) is 6.72. The van der Waals surface area contributed by atoms with Gasteiger partial charge in [-0.1, -0.05) is 0 Å². The number of amides is 1. The first kappa shape index (κ1) is 14.8. The molecule has 2 N–H and O–H groups in total. The summed E-state index contributed by atoms with van der Waals surface area (Å²) in [6.07, 6.45) is 5.13. The number of carbonyl (C=O) groups is 1. The van der Waals surface area contributed by atoms with Crippen molar-refractivity contribution in [1.29, 1.82) is 0 Å². The standard InChI is InChI=1S/C14H18N4O.ClH/c19-13(18-7-2-4-15-6-8-18)9-11-10-17-14-12(11)3-1-5-16-14;/h1,3,5,10,15H,2,4,6-9H2,(H,16,17);1H. The molecule has 0 atom stereocenters. The summed E-state index contributed by atoms with van der Waals surface area (Å²) >= 11 is 0. The number of nitrogens with one attached hydrogen (secondary N) is 2. The fraction of sp³-hybridized carbons (Fsp3) is 0.429. The summed E-state index contributed by atoms with van der Waals surface area (Å²) in [4.78, 5) is 21.6. The fourth-order valence-electron chi connectivity index (χ4n) is 2.53. The molecule has 6 heteroatoms. The van der Waals surface area contributed by atoms with Crippen LogP contribution in [0.4, 0.5) is 0 Å². The first-order valence-corrected chi connectivity index (χ1v) is 6.74. The van der Waals surface area contributed by atoms with Crippen molar-refractivity contribution in [1.82, 2.24) is 20.2 Å². The smallest absolute Gasteiger partial charge is 0.227 e. The van der Waals surface area contributed by atoms with Crippen LogP contribution >= 0.6 is 12.4 Å². The molecule has 0 aliphatic carbocycles. The molecule has 3 heterocycles. The van der Waals surface area contributed by atoms with E-state index in [-0.39, 0.29) is 18.3 Å². The van der Waals surface area contributed by atoms with Crippen LogP contribution in [0.3, 0.4) is 0 Å². The van der Waals surface area contributed by atoms with E-state index in [1.165, 1.54) is 0 Å². The first-order valence-electron chi connectivity index (χ1n) is 6.74. The normalized spacial score (nSPS) is 15.7. The summed E-state index contributed by atoms with van der Waals surface area (Å²) in [5, 5.41) is 4.36. The molecule has 1 fully saturated rings. The van der Waals surface area contributed by atoms with E-state index in [9.17, 15) is 4.79 Å². The number of aromatic nitrogens is 2. The molecule has 2 aromatic rings.